The number of halogens is 1. The maximum atomic E-state index is 12.3. The molecule has 0 unspecified atom stereocenters. The summed E-state index contributed by atoms with van der Waals surface area (Å²) in [5, 5.41) is 0. The molecule has 0 aromatic heterocycles. The molecule has 0 aliphatic carbocycles. The number of rotatable bonds is 7. The lowest BCUT2D eigenvalue weighted by atomic mass is 9.94. The van der Waals surface area contributed by atoms with Gasteiger partial charge in [0.25, 0.3) is 0 Å². The van der Waals surface area contributed by atoms with Gasteiger partial charge in [-0.1, -0.05) is 6.07 Å². The van der Waals surface area contributed by atoms with Crippen molar-refractivity contribution in [3.05, 3.63) is 23.8 Å². The Labute approximate surface area is 132 Å². The van der Waals surface area contributed by atoms with E-state index in [2.05, 4.69) is 0 Å². The van der Waals surface area contributed by atoms with E-state index in [1.807, 2.05) is 39.0 Å². The van der Waals surface area contributed by atoms with Gasteiger partial charge in [0.15, 0.2) is 11.5 Å². The Kier molecular flexibility index (Phi) is 6.34. The second-order valence-corrected chi connectivity index (χ2v) is 5.86. The zero-order valence-corrected chi connectivity index (χ0v) is 14.2. The van der Waals surface area contributed by atoms with Crippen molar-refractivity contribution in [1.82, 2.24) is 4.90 Å². The molecule has 0 atom stereocenters. The lowest BCUT2D eigenvalue weighted by Gasteiger charge is -2.27. The summed E-state index contributed by atoms with van der Waals surface area (Å²) in [6.45, 7) is 6.68. The first kappa shape index (κ1) is 17.6. The number of alkyl halides is 1. The highest BCUT2D eigenvalue weighted by atomic mass is 35.5. The fourth-order valence-electron chi connectivity index (χ4n) is 2.01. The molecule has 0 N–H and O–H groups in total. The van der Waals surface area contributed by atoms with Gasteiger partial charge >= 0.3 is 0 Å². The van der Waals surface area contributed by atoms with Gasteiger partial charge in [-0.25, -0.2) is 0 Å². The van der Waals surface area contributed by atoms with Crippen LogP contribution in [-0.4, -0.2) is 37.5 Å². The highest BCUT2D eigenvalue weighted by Crippen LogP contribution is 2.29. The molecule has 0 aliphatic rings. The quantitative estimate of drug-likeness (QED) is 0.725. The lowest BCUT2D eigenvalue weighted by molar-refractivity contribution is -0.138. The van der Waals surface area contributed by atoms with E-state index in [1.54, 1.807) is 19.1 Å². The number of ether oxygens (including phenoxy) is 2. The smallest absolute Gasteiger partial charge is 0.229 e. The first-order valence-corrected chi connectivity index (χ1v) is 7.50. The number of benzene rings is 1. The van der Waals surface area contributed by atoms with Crippen molar-refractivity contribution in [3.63, 3.8) is 0 Å². The van der Waals surface area contributed by atoms with E-state index in [4.69, 9.17) is 21.1 Å². The molecule has 4 nitrogen and oxygen atoms in total. The predicted octanol–water partition coefficient (Wildman–Crippen LogP) is 3.32. The summed E-state index contributed by atoms with van der Waals surface area (Å²) in [5.41, 5.74) is 0.423. The fraction of sp³-hybridized carbons (Fsp3) is 0.562. The fourth-order valence-corrected chi connectivity index (χ4v) is 2.12. The van der Waals surface area contributed by atoms with Gasteiger partial charge in [-0.2, -0.15) is 0 Å². The zero-order chi connectivity index (χ0) is 16.0. The minimum Gasteiger partial charge on any atom is -0.493 e. The minimum atomic E-state index is -0.564. The van der Waals surface area contributed by atoms with Crippen LogP contribution in [0.5, 0.6) is 11.5 Å². The van der Waals surface area contributed by atoms with E-state index in [1.165, 1.54) is 0 Å². The Morgan fingerprint density at radius 1 is 1.33 bits per heavy atom. The molecule has 0 radical (unpaired) electrons. The third-order valence-electron chi connectivity index (χ3n) is 3.21. The van der Waals surface area contributed by atoms with E-state index >= 15 is 0 Å². The van der Waals surface area contributed by atoms with Crippen molar-refractivity contribution >= 4 is 17.5 Å². The second-order valence-electron chi connectivity index (χ2n) is 5.60. The summed E-state index contributed by atoms with van der Waals surface area (Å²) >= 11 is 5.86. The SMILES string of the molecule is CCOc1cc(CN(C)C(=O)C(C)(C)CCl)ccc1OC. The van der Waals surface area contributed by atoms with Crippen molar-refractivity contribution in [1.29, 1.82) is 0 Å². The Morgan fingerprint density at radius 2 is 2.00 bits per heavy atom. The van der Waals surface area contributed by atoms with Crippen LogP contribution in [0.15, 0.2) is 18.2 Å². The zero-order valence-electron chi connectivity index (χ0n) is 13.4. The van der Waals surface area contributed by atoms with Crippen LogP contribution in [0.3, 0.4) is 0 Å². The van der Waals surface area contributed by atoms with Gasteiger partial charge in [0.1, 0.15) is 0 Å². The van der Waals surface area contributed by atoms with Gasteiger partial charge in [0.2, 0.25) is 5.91 Å². The summed E-state index contributed by atoms with van der Waals surface area (Å²) in [6.07, 6.45) is 0. The molecule has 1 aromatic carbocycles. The average molecular weight is 314 g/mol. The molecular weight excluding hydrogens is 290 g/mol. The molecule has 21 heavy (non-hydrogen) atoms. The maximum Gasteiger partial charge on any atom is 0.229 e. The van der Waals surface area contributed by atoms with Crippen molar-refractivity contribution < 1.29 is 14.3 Å². The Hall–Kier alpha value is -1.42. The molecule has 0 fully saturated rings. The standard InChI is InChI=1S/C16H24ClNO3/c1-6-21-14-9-12(7-8-13(14)20-5)10-18(4)15(19)16(2,3)11-17/h7-9H,6,10-11H2,1-5H3. The number of nitrogens with zero attached hydrogens (tertiary/aromatic N) is 1. The maximum absolute atomic E-state index is 12.3. The number of hydrogen-bond donors (Lipinski definition) is 0. The molecule has 0 saturated heterocycles. The molecule has 0 saturated carbocycles. The van der Waals surface area contributed by atoms with Crippen LogP contribution in [0.4, 0.5) is 0 Å². The summed E-state index contributed by atoms with van der Waals surface area (Å²) in [4.78, 5) is 14.0. The van der Waals surface area contributed by atoms with Crippen molar-refractivity contribution in [2.75, 3.05) is 26.6 Å². The van der Waals surface area contributed by atoms with E-state index in [0.717, 1.165) is 5.56 Å². The second kappa shape index (κ2) is 7.55. The largest absolute Gasteiger partial charge is 0.493 e. The Bertz CT molecular complexity index is 488. The highest BCUT2D eigenvalue weighted by molar-refractivity contribution is 6.19. The Balaban J connectivity index is 2.88. The van der Waals surface area contributed by atoms with Crippen LogP contribution in [0, 0.1) is 5.41 Å². The van der Waals surface area contributed by atoms with Crippen molar-refractivity contribution in [2.45, 2.75) is 27.3 Å². The number of carbonyl (C=O) groups is 1. The average Bonchev–Trinajstić information content (AvgIpc) is 2.47. The predicted molar refractivity (Wildman–Crippen MR) is 85.1 cm³/mol. The van der Waals surface area contributed by atoms with Crippen LogP contribution < -0.4 is 9.47 Å². The van der Waals surface area contributed by atoms with Crippen LogP contribution in [-0.2, 0) is 11.3 Å². The van der Waals surface area contributed by atoms with Gasteiger partial charge in [0.05, 0.1) is 19.1 Å². The number of hydrogen-bond acceptors (Lipinski definition) is 3. The van der Waals surface area contributed by atoms with Gasteiger partial charge in [-0.3, -0.25) is 4.79 Å². The first-order valence-electron chi connectivity index (χ1n) is 6.97. The topological polar surface area (TPSA) is 38.8 Å². The van der Waals surface area contributed by atoms with Crippen molar-refractivity contribution in [2.24, 2.45) is 5.41 Å². The monoisotopic (exact) mass is 313 g/mol. The summed E-state index contributed by atoms with van der Waals surface area (Å²) in [5.74, 6) is 1.69. The minimum absolute atomic E-state index is 0.0197. The van der Waals surface area contributed by atoms with Crippen LogP contribution >= 0.6 is 11.6 Å². The molecule has 0 aliphatic heterocycles. The van der Waals surface area contributed by atoms with E-state index in [9.17, 15) is 4.79 Å². The Morgan fingerprint density at radius 3 is 2.52 bits per heavy atom. The highest BCUT2D eigenvalue weighted by Gasteiger charge is 2.29. The van der Waals surface area contributed by atoms with Gasteiger partial charge < -0.3 is 14.4 Å². The number of methoxy groups -OCH3 is 1. The van der Waals surface area contributed by atoms with Crippen molar-refractivity contribution in [3.8, 4) is 11.5 Å². The summed E-state index contributed by atoms with van der Waals surface area (Å²) in [6, 6.07) is 5.68. The molecule has 1 amide bonds. The number of amides is 1. The molecule has 0 spiro atoms. The molecule has 0 heterocycles. The van der Waals surface area contributed by atoms with Crippen LogP contribution in [0.2, 0.25) is 0 Å². The molecule has 0 bridgehead atoms. The summed E-state index contributed by atoms with van der Waals surface area (Å²) < 4.78 is 10.8. The van der Waals surface area contributed by atoms with E-state index in [0.29, 0.717) is 30.5 Å². The van der Waals surface area contributed by atoms with Gasteiger partial charge in [-0.05, 0) is 38.5 Å². The molecule has 1 rings (SSSR count). The van der Waals surface area contributed by atoms with Crippen LogP contribution in [0.25, 0.3) is 0 Å². The first-order chi connectivity index (χ1) is 9.85. The molecule has 5 heteroatoms. The number of carbonyl (C=O) groups excluding carboxylic acids is 1. The summed E-state index contributed by atoms with van der Waals surface area (Å²) in [7, 11) is 3.39. The van der Waals surface area contributed by atoms with Crippen LogP contribution in [0.1, 0.15) is 26.3 Å². The molecular formula is C16H24ClNO3. The van der Waals surface area contributed by atoms with Gasteiger partial charge in [0, 0.05) is 19.5 Å². The normalized spacial score (nSPS) is 11.1. The lowest BCUT2D eigenvalue weighted by Crippen LogP contribution is -2.39. The third-order valence-corrected chi connectivity index (χ3v) is 3.88. The molecule has 1 aromatic rings. The van der Waals surface area contributed by atoms with E-state index < -0.39 is 5.41 Å². The third kappa shape index (κ3) is 4.53. The van der Waals surface area contributed by atoms with E-state index in [-0.39, 0.29) is 5.91 Å². The molecule has 118 valence electrons. The van der Waals surface area contributed by atoms with Gasteiger partial charge in [-0.15, -0.1) is 11.6 Å².